The third-order valence-corrected chi connectivity index (χ3v) is 1.89. The predicted molar refractivity (Wildman–Crippen MR) is 58.8 cm³/mol. The molecule has 0 fully saturated rings. The Morgan fingerprint density at radius 3 is 2.71 bits per heavy atom. The number of allylic oxidation sites excluding steroid dienone is 1. The molecule has 0 bridgehead atoms. The Morgan fingerprint density at radius 2 is 2.14 bits per heavy atom. The van der Waals surface area contributed by atoms with E-state index in [0.29, 0.717) is 0 Å². The van der Waals surface area contributed by atoms with Gasteiger partial charge in [0.1, 0.15) is 6.10 Å². The molecular weight excluding hydrogens is 176 g/mol. The SMILES string of the molecule is [CH2]C(C=CCCCCCC)OC(C)=O. The van der Waals surface area contributed by atoms with Crippen molar-refractivity contribution in [3.8, 4) is 0 Å². The highest BCUT2D eigenvalue weighted by Crippen LogP contribution is 2.03. The highest BCUT2D eigenvalue weighted by molar-refractivity contribution is 5.66. The molecule has 2 nitrogen and oxygen atoms in total. The van der Waals surface area contributed by atoms with E-state index >= 15 is 0 Å². The molecule has 0 aromatic heterocycles. The Labute approximate surface area is 87.3 Å². The second-order valence-corrected chi connectivity index (χ2v) is 3.43. The van der Waals surface area contributed by atoms with Gasteiger partial charge in [-0.05, 0) is 25.8 Å². The van der Waals surface area contributed by atoms with Crippen LogP contribution in [0.2, 0.25) is 0 Å². The molecule has 0 N–H and O–H groups in total. The van der Waals surface area contributed by atoms with Gasteiger partial charge < -0.3 is 4.74 Å². The summed E-state index contributed by atoms with van der Waals surface area (Å²) in [6.07, 6.45) is 9.63. The fraction of sp³-hybridized carbons (Fsp3) is 0.667. The first-order chi connectivity index (χ1) is 6.66. The van der Waals surface area contributed by atoms with Crippen LogP contribution in [-0.4, -0.2) is 12.1 Å². The third-order valence-electron chi connectivity index (χ3n) is 1.89. The lowest BCUT2D eigenvalue weighted by atomic mass is 10.1. The van der Waals surface area contributed by atoms with E-state index < -0.39 is 0 Å². The van der Waals surface area contributed by atoms with Crippen molar-refractivity contribution in [2.75, 3.05) is 0 Å². The van der Waals surface area contributed by atoms with Gasteiger partial charge >= 0.3 is 5.97 Å². The summed E-state index contributed by atoms with van der Waals surface area (Å²) in [6.45, 7) is 7.28. The Balaban J connectivity index is 3.37. The molecule has 0 aliphatic rings. The minimum atomic E-state index is -0.335. The molecule has 14 heavy (non-hydrogen) atoms. The Bertz CT molecular complexity index is 173. The van der Waals surface area contributed by atoms with E-state index in [2.05, 4.69) is 13.8 Å². The molecule has 0 amide bonds. The molecule has 1 atom stereocenters. The molecule has 0 aromatic rings. The van der Waals surface area contributed by atoms with E-state index in [-0.39, 0.29) is 12.1 Å². The van der Waals surface area contributed by atoms with Gasteiger partial charge in [0.15, 0.2) is 0 Å². The number of hydrogen-bond acceptors (Lipinski definition) is 2. The average molecular weight is 197 g/mol. The smallest absolute Gasteiger partial charge is 0.303 e. The fourth-order valence-electron chi connectivity index (χ4n) is 1.19. The van der Waals surface area contributed by atoms with Crippen LogP contribution in [0.3, 0.4) is 0 Å². The number of esters is 1. The first-order valence-electron chi connectivity index (χ1n) is 5.33. The number of unbranched alkanes of at least 4 members (excludes halogenated alkanes) is 4. The maximum Gasteiger partial charge on any atom is 0.303 e. The lowest BCUT2D eigenvalue weighted by Gasteiger charge is -2.05. The molecule has 81 valence electrons. The number of carbonyl (C=O) groups is 1. The van der Waals surface area contributed by atoms with Gasteiger partial charge in [-0.1, -0.05) is 32.3 Å². The molecule has 0 aromatic carbocycles. The van der Waals surface area contributed by atoms with Gasteiger partial charge in [0.25, 0.3) is 0 Å². The van der Waals surface area contributed by atoms with Gasteiger partial charge in [0.05, 0.1) is 0 Å². The fourth-order valence-corrected chi connectivity index (χ4v) is 1.19. The van der Waals surface area contributed by atoms with E-state index in [0.717, 1.165) is 6.42 Å². The van der Waals surface area contributed by atoms with Crippen LogP contribution in [0.25, 0.3) is 0 Å². The van der Waals surface area contributed by atoms with E-state index in [1.54, 1.807) is 0 Å². The summed E-state index contributed by atoms with van der Waals surface area (Å²) in [4.78, 5) is 10.5. The number of ether oxygens (including phenoxy) is 1. The van der Waals surface area contributed by atoms with Gasteiger partial charge in [-0.15, -0.1) is 0 Å². The summed E-state index contributed by atoms with van der Waals surface area (Å²) in [6, 6.07) is 0. The average Bonchev–Trinajstić information content (AvgIpc) is 2.10. The zero-order chi connectivity index (χ0) is 10.8. The first kappa shape index (κ1) is 13.2. The maximum atomic E-state index is 10.5. The summed E-state index contributed by atoms with van der Waals surface area (Å²) in [5.74, 6) is -0.277. The molecule has 2 heteroatoms. The van der Waals surface area contributed by atoms with Crippen LogP contribution in [0.1, 0.15) is 46.0 Å². The van der Waals surface area contributed by atoms with Gasteiger partial charge in [-0.3, -0.25) is 4.79 Å². The number of hydrogen-bond donors (Lipinski definition) is 0. The highest BCUT2D eigenvalue weighted by atomic mass is 16.5. The van der Waals surface area contributed by atoms with E-state index in [1.807, 2.05) is 12.2 Å². The zero-order valence-electron chi connectivity index (χ0n) is 9.29. The van der Waals surface area contributed by atoms with Crippen molar-refractivity contribution < 1.29 is 9.53 Å². The summed E-state index contributed by atoms with van der Waals surface area (Å²) in [7, 11) is 0. The minimum Gasteiger partial charge on any atom is -0.458 e. The van der Waals surface area contributed by atoms with Crippen molar-refractivity contribution >= 4 is 5.97 Å². The molecule has 0 aliphatic heterocycles. The van der Waals surface area contributed by atoms with Crippen molar-refractivity contribution in [3.05, 3.63) is 19.1 Å². The van der Waals surface area contributed by atoms with Crippen LogP contribution >= 0.6 is 0 Å². The Morgan fingerprint density at radius 1 is 1.43 bits per heavy atom. The molecule has 0 saturated carbocycles. The van der Waals surface area contributed by atoms with Crippen molar-refractivity contribution in [2.24, 2.45) is 0 Å². The molecular formula is C12H21O2. The predicted octanol–water partition coefficient (Wildman–Crippen LogP) is 3.28. The maximum absolute atomic E-state index is 10.5. The van der Waals surface area contributed by atoms with Gasteiger partial charge in [0.2, 0.25) is 0 Å². The van der Waals surface area contributed by atoms with E-state index in [4.69, 9.17) is 4.74 Å². The second kappa shape index (κ2) is 8.79. The van der Waals surface area contributed by atoms with Gasteiger partial charge in [-0.2, -0.15) is 0 Å². The van der Waals surface area contributed by atoms with Crippen LogP contribution in [0.5, 0.6) is 0 Å². The quantitative estimate of drug-likeness (QED) is 0.355. The highest BCUT2D eigenvalue weighted by Gasteiger charge is 1.98. The Kier molecular flexibility index (Phi) is 8.30. The number of carbonyl (C=O) groups excluding carboxylic acids is 1. The number of rotatable bonds is 7. The third kappa shape index (κ3) is 9.30. The lowest BCUT2D eigenvalue weighted by Crippen LogP contribution is -2.08. The second-order valence-electron chi connectivity index (χ2n) is 3.43. The van der Waals surface area contributed by atoms with Crippen LogP contribution in [-0.2, 0) is 9.53 Å². The van der Waals surface area contributed by atoms with E-state index in [9.17, 15) is 4.79 Å². The molecule has 0 aliphatic carbocycles. The summed E-state index contributed by atoms with van der Waals surface area (Å²) in [5.41, 5.74) is 0. The summed E-state index contributed by atoms with van der Waals surface area (Å²) >= 11 is 0. The normalized spacial score (nSPS) is 13.1. The van der Waals surface area contributed by atoms with Gasteiger partial charge in [-0.25, -0.2) is 0 Å². The standard InChI is InChI=1S/C12H21O2/c1-4-5-6-7-8-9-10-11(2)14-12(3)13/h9-11H,2,4-8H2,1,3H3. The summed E-state index contributed by atoms with van der Waals surface area (Å²) in [5, 5.41) is 0. The van der Waals surface area contributed by atoms with Crippen molar-refractivity contribution in [3.63, 3.8) is 0 Å². The zero-order valence-corrected chi connectivity index (χ0v) is 9.29. The first-order valence-corrected chi connectivity index (χ1v) is 5.33. The Hall–Kier alpha value is -0.790. The molecule has 0 spiro atoms. The lowest BCUT2D eigenvalue weighted by molar-refractivity contribution is -0.142. The minimum absolute atomic E-state index is 0.277. The molecule has 0 heterocycles. The van der Waals surface area contributed by atoms with Gasteiger partial charge in [0, 0.05) is 6.92 Å². The van der Waals surface area contributed by atoms with Crippen LogP contribution in [0.15, 0.2) is 12.2 Å². The van der Waals surface area contributed by atoms with Crippen LogP contribution in [0, 0.1) is 6.92 Å². The van der Waals surface area contributed by atoms with Crippen LogP contribution in [0.4, 0.5) is 0 Å². The molecule has 0 saturated heterocycles. The van der Waals surface area contributed by atoms with Crippen molar-refractivity contribution in [1.29, 1.82) is 0 Å². The molecule has 1 radical (unpaired) electrons. The molecule has 0 rings (SSSR count). The van der Waals surface area contributed by atoms with Crippen LogP contribution < -0.4 is 0 Å². The topological polar surface area (TPSA) is 26.3 Å². The molecule has 1 unspecified atom stereocenters. The van der Waals surface area contributed by atoms with Crippen molar-refractivity contribution in [1.82, 2.24) is 0 Å². The monoisotopic (exact) mass is 197 g/mol. The summed E-state index contributed by atoms with van der Waals surface area (Å²) < 4.78 is 4.84. The largest absolute Gasteiger partial charge is 0.458 e. The van der Waals surface area contributed by atoms with E-state index in [1.165, 1.54) is 32.6 Å². The van der Waals surface area contributed by atoms with Crippen molar-refractivity contribution in [2.45, 2.75) is 52.1 Å².